The molecule has 0 unspecified atom stereocenters. The van der Waals surface area contributed by atoms with E-state index in [4.69, 9.17) is 11.5 Å². The predicted octanol–water partition coefficient (Wildman–Crippen LogP) is -5.32. The second kappa shape index (κ2) is 41.5. The largest absolute Gasteiger partial charge is 0.481 e. The molecule has 0 aliphatic carbocycles. The minimum absolute atomic E-state index is 0.119. The van der Waals surface area contributed by atoms with E-state index < -0.39 is 230 Å². The molecule has 14 atom stereocenters. The van der Waals surface area contributed by atoms with E-state index in [0.29, 0.717) is 19.4 Å². The van der Waals surface area contributed by atoms with Crippen molar-refractivity contribution in [1.82, 2.24) is 69.1 Å². The lowest BCUT2D eigenvalue weighted by atomic mass is 9.95. The number of carbonyl (C=O) groups excluding carboxylic acids is 13. The monoisotopic (exact) mass is 1340 g/mol. The lowest BCUT2D eigenvalue weighted by Gasteiger charge is -2.30. The van der Waals surface area contributed by atoms with Crippen LogP contribution in [0.1, 0.15) is 153 Å². The molecule has 1 aliphatic rings. The molecule has 13 amide bonds. The molecule has 21 N–H and O–H groups in total. The normalized spacial score (nSPS) is 16.8. The summed E-state index contributed by atoms with van der Waals surface area (Å²) < 4.78 is 0. The molecule has 0 aromatic carbocycles. The number of carboxylic acid groups (broad SMARTS) is 4. The van der Waals surface area contributed by atoms with Gasteiger partial charge in [-0.15, -0.1) is 0 Å². The Hall–Kier alpha value is -9.09. The van der Waals surface area contributed by atoms with Crippen LogP contribution in [0.25, 0.3) is 0 Å². The Balaban J connectivity index is 3.47. The number of carboxylic acids is 4. The molecule has 36 nitrogen and oxygen atoms in total. The number of primary amides is 1. The highest BCUT2D eigenvalue weighted by atomic mass is 16.4. The first-order valence-corrected chi connectivity index (χ1v) is 31.1. The number of aliphatic carboxylic acids is 4. The van der Waals surface area contributed by atoms with Crippen LogP contribution >= 0.6 is 0 Å². The molecule has 530 valence electrons. The minimum atomic E-state index is -1.95. The fourth-order valence-electron chi connectivity index (χ4n) is 9.18. The van der Waals surface area contributed by atoms with E-state index in [-0.39, 0.29) is 38.1 Å². The van der Waals surface area contributed by atoms with Crippen molar-refractivity contribution in [3.8, 4) is 0 Å². The van der Waals surface area contributed by atoms with Crippen LogP contribution in [-0.4, -0.2) is 213 Å². The number of amides is 13. The van der Waals surface area contributed by atoms with Crippen molar-refractivity contribution < 1.29 is 102 Å². The molecule has 1 rings (SSSR count). The van der Waals surface area contributed by atoms with E-state index in [1.807, 2.05) is 5.32 Å². The molecular weight excluding hydrogens is 1240 g/mol. The Morgan fingerprint density at radius 2 is 0.830 bits per heavy atom. The predicted molar refractivity (Wildman–Crippen MR) is 331 cm³/mol. The van der Waals surface area contributed by atoms with Crippen molar-refractivity contribution >= 4 is 101 Å². The van der Waals surface area contributed by atoms with E-state index >= 15 is 0 Å². The number of carbonyl (C=O) groups is 17. The average Bonchev–Trinajstić information content (AvgIpc) is 1.02. The number of unbranched alkanes of at least 4 members (excludes halogenated alkanes) is 1. The molecular formula is C58H97N15O21. The highest BCUT2D eigenvalue weighted by molar-refractivity contribution is 6.00. The Labute approximate surface area is 543 Å². The summed E-state index contributed by atoms with van der Waals surface area (Å²) in [6.07, 6.45) is -2.52. The van der Waals surface area contributed by atoms with Crippen molar-refractivity contribution in [2.75, 3.05) is 13.1 Å². The van der Waals surface area contributed by atoms with Crippen molar-refractivity contribution in [3.05, 3.63) is 0 Å². The summed E-state index contributed by atoms with van der Waals surface area (Å²) in [6, 6.07) is -19.1. The van der Waals surface area contributed by atoms with E-state index in [1.54, 1.807) is 20.8 Å². The Morgan fingerprint density at radius 3 is 1.30 bits per heavy atom. The summed E-state index contributed by atoms with van der Waals surface area (Å²) >= 11 is 0. The fourth-order valence-corrected chi connectivity index (χ4v) is 9.18. The lowest BCUT2D eigenvalue weighted by Crippen LogP contribution is -2.62. The smallest absolute Gasteiger partial charge is 0.325 e. The number of nitrogens with one attached hydrogen (secondary N) is 13. The average molecular weight is 1340 g/mol. The van der Waals surface area contributed by atoms with E-state index in [0.717, 1.165) is 20.3 Å². The van der Waals surface area contributed by atoms with Gasteiger partial charge in [0.25, 0.3) is 0 Å². The zero-order valence-electron chi connectivity index (χ0n) is 54.7. The molecule has 0 aromatic heterocycles. The Bertz CT molecular complexity index is 2710. The van der Waals surface area contributed by atoms with Crippen molar-refractivity contribution in [2.45, 2.75) is 231 Å². The van der Waals surface area contributed by atoms with Gasteiger partial charge in [0.2, 0.25) is 76.8 Å². The number of hydrogen-bond donors (Lipinski definition) is 19. The van der Waals surface area contributed by atoms with Crippen LogP contribution in [0.5, 0.6) is 0 Å². The van der Waals surface area contributed by atoms with Gasteiger partial charge in [-0.25, -0.2) is 0 Å². The molecule has 94 heavy (non-hydrogen) atoms. The van der Waals surface area contributed by atoms with Gasteiger partial charge in [0.05, 0.1) is 18.9 Å². The van der Waals surface area contributed by atoms with Crippen LogP contribution in [0.2, 0.25) is 0 Å². The first-order chi connectivity index (χ1) is 43.8. The molecule has 1 saturated heterocycles. The molecule has 0 radical (unpaired) electrons. The number of nitrogens with two attached hydrogens (primary N) is 2. The lowest BCUT2D eigenvalue weighted by molar-refractivity contribution is -0.143. The van der Waals surface area contributed by atoms with Crippen molar-refractivity contribution in [1.29, 1.82) is 0 Å². The van der Waals surface area contributed by atoms with Crippen LogP contribution < -0.4 is 80.6 Å². The fraction of sp³-hybridized carbons (Fsp3) is 0.707. The van der Waals surface area contributed by atoms with Gasteiger partial charge in [0, 0.05) is 12.8 Å². The Kier molecular flexibility index (Phi) is 36.6. The van der Waals surface area contributed by atoms with Gasteiger partial charge in [-0.05, 0) is 110 Å². The van der Waals surface area contributed by atoms with Gasteiger partial charge in [0.1, 0.15) is 72.5 Å². The van der Waals surface area contributed by atoms with Crippen LogP contribution in [0.3, 0.4) is 0 Å². The van der Waals surface area contributed by atoms with Crippen LogP contribution in [0, 0.1) is 17.8 Å². The third-order valence-corrected chi connectivity index (χ3v) is 14.9. The SMILES string of the molecule is CC[C@H](C)[C@H](NC(=O)[C@@H](NC(=O)[C@H](CCC(N)=O)NC(=O)[C@H](CC(C)C)NC(=O)[C@H](CCC(=O)O)NC(=O)[C@H](C)NC(=O)[C@H](C)NC(=O)[C@@H]1CCCN1)C(C)C)C(=O)N[C@@H](CC(=O)O)C(=O)N[C@@H](CCCCN)C(=O)N[C@@H](C)C(=O)N[C@@H](CC(=O)O)C(=O)N[C@@H](C)C(=O)O. The summed E-state index contributed by atoms with van der Waals surface area (Å²) in [4.78, 5) is 222. The van der Waals surface area contributed by atoms with E-state index in [9.17, 15) is 102 Å². The Morgan fingerprint density at radius 1 is 0.436 bits per heavy atom. The third-order valence-electron chi connectivity index (χ3n) is 14.9. The summed E-state index contributed by atoms with van der Waals surface area (Å²) in [7, 11) is 0. The summed E-state index contributed by atoms with van der Waals surface area (Å²) in [5, 5.41) is 69.5. The molecule has 0 aromatic rings. The maximum atomic E-state index is 14.3. The van der Waals surface area contributed by atoms with Gasteiger partial charge < -0.3 is 101 Å². The zero-order chi connectivity index (χ0) is 71.9. The van der Waals surface area contributed by atoms with Crippen molar-refractivity contribution in [2.24, 2.45) is 29.2 Å². The van der Waals surface area contributed by atoms with Crippen molar-refractivity contribution in [3.63, 3.8) is 0 Å². The quantitative estimate of drug-likeness (QED) is 0.0253. The summed E-state index contributed by atoms with van der Waals surface area (Å²) in [6.45, 7) is 15.1. The van der Waals surface area contributed by atoms with Crippen LogP contribution in [0.15, 0.2) is 0 Å². The second-order valence-corrected chi connectivity index (χ2v) is 23.9. The first kappa shape index (κ1) is 82.9. The molecule has 36 heteroatoms. The van der Waals surface area contributed by atoms with Crippen LogP contribution in [-0.2, 0) is 81.5 Å². The summed E-state index contributed by atoms with van der Waals surface area (Å²) in [5.74, 6) is -20.7. The van der Waals surface area contributed by atoms with E-state index in [1.165, 1.54) is 34.6 Å². The molecule has 0 bridgehead atoms. The van der Waals surface area contributed by atoms with Gasteiger partial charge in [-0.1, -0.05) is 48.0 Å². The standard InChI is InChI=1S/C58H97N15O21/c1-11-28(6)45(57(92)71-39(25-43(79)80)55(90)67-34(15-12-13-21-59)50(85)64-31(9)48(83)69-38(24-42(77)78)53(88)65-32(10)58(93)94)73-56(91)44(27(4)5)72-52(87)35(17-19-40(60)74)68-54(89)37(23-26(2)3)70-51(86)36(18-20-41(75)76)66-47(82)30(8)62-46(81)29(7)63-49(84)33-16-14-22-61-33/h26-39,44-45,61H,11-25,59H2,1-10H3,(H2,60,74)(H,62,81)(H,63,84)(H,64,85)(H,65,88)(H,66,82)(H,67,90)(H,68,89)(H,69,83)(H,70,86)(H,71,92)(H,72,87)(H,73,91)(H,75,76)(H,77,78)(H,79,80)(H,93,94)/t28-,29-,30-,31-,32-,33-,34-,35-,36-,37-,38-,39-,44-,45-/m0/s1. The second-order valence-electron chi connectivity index (χ2n) is 23.9. The topological polar surface area (TPSA) is 580 Å². The van der Waals surface area contributed by atoms with Gasteiger partial charge in [-0.3, -0.25) is 81.5 Å². The van der Waals surface area contributed by atoms with Gasteiger partial charge in [-0.2, -0.15) is 0 Å². The van der Waals surface area contributed by atoms with E-state index in [2.05, 4.69) is 63.8 Å². The highest BCUT2D eigenvalue weighted by Gasteiger charge is 2.39. The third kappa shape index (κ3) is 30.6. The summed E-state index contributed by atoms with van der Waals surface area (Å²) in [5.41, 5.74) is 11.1. The molecule has 0 saturated carbocycles. The number of hydrogen-bond acceptors (Lipinski definition) is 19. The maximum absolute atomic E-state index is 14.3. The highest BCUT2D eigenvalue weighted by Crippen LogP contribution is 2.15. The number of rotatable bonds is 44. The van der Waals surface area contributed by atoms with Gasteiger partial charge >= 0.3 is 23.9 Å². The molecule has 1 fully saturated rings. The van der Waals surface area contributed by atoms with Crippen LogP contribution in [0.4, 0.5) is 0 Å². The maximum Gasteiger partial charge on any atom is 0.325 e. The molecule has 1 aliphatic heterocycles. The molecule has 1 heterocycles. The zero-order valence-corrected chi connectivity index (χ0v) is 54.7. The minimum Gasteiger partial charge on any atom is -0.481 e. The molecule has 0 spiro atoms. The first-order valence-electron chi connectivity index (χ1n) is 31.1. The van der Waals surface area contributed by atoms with Gasteiger partial charge in [0.15, 0.2) is 0 Å².